The number of anilines is 1. The number of rotatable bonds is 3. The predicted molar refractivity (Wildman–Crippen MR) is 102 cm³/mol. The van der Waals surface area contributed by atoms with Crippen molar-refractivity contribution in [3.8, 4) is 11.6 Å². The van der Waals surface area contributed by atoms with E-state index in [1.807, 2.05) is 11.5 Å². The lowest BCUT2D eigenvalue weighted by atomic mass is 10.0. The van der Waals surface area contributed by atoms with Gasteiger partial charge >= 0.3 is 6.18 Å². The zero-order valence-corrected chi connectivity index (χ0v) is 16.6. The van der Waals surface area contributed by atoms with Crippen LogP contribution in [0.25, 0.3) is 11.6 Å². The highest BCUT2D eigenvalue weighted by Crippen LogP contribution is 2.43. The SMILES string of the molecule is CC[C@@H]1c2nnc(C)n2-c2cnc(-n3cncc3C(F)(F)F)nc2N1C1CCCC1. The molecule has 0 spiro atoms. The van der Waals surface area contributed by atoms with E-state index in [9.17, 15) is 13.2 Å². The zero-order valence-electron chi connectivity index (χ0n) is 16.6. The molecular weight excluding hydrogens is 397 g/mol. The molecule has 11 heteroatoms. The van der Waals surface area contributed by atoms with Crippen LogP contribution >= 0.6 is 0 Å². The van der Waals surface area contributed by atoms with Gasteiger partial charge in [0.1, 0.15) is 23.5 Å². The smallest absolute Gasteiger partial charge is 0.341 e. The first-order chi connectivity index (χ1) is 14.4. The molecule has 0 N–H and O–H groups in total. The number of alkyl halides is 3. The van der Waals surface area contributed by atoms with Crippen LogP contribution in [0.3, 0.4) is 0 Å². The topological polar surface area (TPSA) is 77.5 Å². The van der Waals surface area contributed by atoms with Crippen molar-refractivity contribution < 1.29 is 13.2 Å². The molecule has 30 heavy (non-hydrogen) atoms. The fraction of sp³-hybridized carbons (Fsp3) is 0.526. The van der Waals surface area contributed by atoms with Gasteiger partial charge in [-0.05, 0) is 26.2 Å². The number of imidazole rings is 1. The first-order valence-electron chi connectivity index (χ1n) is 10.1. The van der Waals surface area contributed by atoms with Gasteiger partial charge in [0.2, 0.25) is 5.95 Å². The molecule has 158 valence electrons. The zero-order chi connectivity index (χ0) is 21.0. The molecule has 3 aromatic rings. The highest BCUT2D eigenvalue weighted by molar-refractivity contribution is 5.63. The summed E-state index contributed by atoms with van der Waals surface area (Å²) in [7, 11) is 0. The molecule has 2 aliphatic rings. The van der Waals surface area contributed by atoms with Gasteiger partial charge in [0.25, 0.3) is 0 Å². The molecule has 0 amide bonds. The van der Waals surface area contributed by atoms with Crippen LogP contribution in [0, 0.1) is 6.92 Å². The van der Waals surface area contributed by atoms with E-state index in [0.29, 0.717) is 17.3 Å². The third-order valence-electron chi connectivity index (χ3n) is 5.96. The van der Waals surface area contributed by atoms with Crippen molar-refractivity contribution >= 4 is 5.82 Å². The number of aromatic nitrogens is 7. The fourth-order valence-electron chi connectivity index (χ4n) is 4.64. The minimum absolute atomic E-state index is 0.0468. The summed E-state index contributed by atoms with van der Waals surface area (Å²) in [6.07, 6.45) is 3.95. The molecule has 1 atom stereocenters. The Morgan fingerprint density at radius 2 is 1.90 bits per heavy atom. The maximum Gasteiger partial charge on any atom is 0.433 e. The summed E-state index contributed by atoms with van der Waals surface area (Å²) < 4.78 is 43.0. The molecule has 0 radical (unpaired) electrons. The van der Waals surface area contributed by atoms with Crippen molar-refractivity contribution in [2.24, 2.45) is 0 Å². The van der Waals surface area contributed by atoms with Crippen LogP contribution in [-0.4, -0.2) is 40.3 Å². The van der Waals surface area contributed by atoms with E-state index >= 15 is 0 Å². The van der Waals surface area contributed by atoms with Gasteiger partial charge < -0.3 is 4.90 Å². The quantitative estimate of drug-likeness (QED) is 0.644. The van der Waals surface area contributed by atoms with Crippen LogP contribution in [0.4, 0.5) is 19.0 Å². The second kappa shape index (κ2) is 6.78. The monoisotopic (exact) mass is 418 g/mol. The lowest BCUT2D eigenvalue weighted by molar-refractivity contribution is -0.142. The normalized spacial score (nSPS) is 19.2. The second-order valence-corrected chi connectivity index (χ2v) is 7.74. The minimum atomic E-state index is -4.55. The molecule has 1 aliphatic carbocycles. The van der Waals surface area contributed by atoms with Gasteiger partial charge in [0.05, 0.1) is 18.4 Å². The molecule has 5 rings (SSSR count). The Balaban J connectivity index is 1.71. The molecule has 1 aliphatic heterocycles. The van der Waals surface area contributed by atoms with E-state index in [4.69, 9.17) is 0 Å². The van der Waals surface area contributed by atoms with Crippen molar-refractivity contribution in [2.45, 2.75) is 64.2 Å². The van der Waals surface area contributed by atoms with E-state index in [1.165, 1.54) is 0 Å². The second-order valence-electron chi connectivity index (χ2n) is 7.74. The summed E-state index contributed by atoms with van der Waals surface area (Å²) in [4.78, 5) is 14.8. The van der Waals surface area contributed by atoms with Gasteiger partial charge in [-0.15, -0.1) is 10.2 Å². The summed E-state index contributed by atoms with van der Waals surface area (Å²) in [6.45, 7) is 3.93. The fourth-order valence-corrected chi connectivity index (χ4v) is 4.64. The molecule has 8 nitrogen and oxygen atoms in total. The molecular formula is C19H21F3N8. The van der Waals surface area contributed by atoms with E-state index < -0.39 is 11.9 Å². The first-order valence-corrected chi connectivity index (χ1v) is 10.1. The number of nitrogens with zero attached hydrogens (tertiary/aromatic N) is 8. The Bertz CT molecular complexity index is 1080. The maximum absolute atomic E-state index is 13.4. The molecule has 0 unspecified atom stereocenters. The number of hydrogen-bond acceptors (Lipinski definition) is 6. The maximum atomic E-state index is 13.4. The highest BCUT2D eigenvalue weighted by Gasteiger charge is 2.40. The highest BCUT2D eigenvalue weighted by atomic mass is 19.4. The van der Waals surface area contributed by atoms with Crippen LogP contribution in [0.15, 0.2) is 18.7 Å². The van der Waals surface area contributed by atoms with Crippen molar-refractivity contribution in [1.29, 1.82) is 0 Å². The molecule has 4 heterocycles. The number of aryl methyl sites for hydroxylation is 1. The lowest BCUT2D eigenvalue weighted by Crippen LogP contribution is -2.42. The molecule has 3 aromatic heterocycles. The summed E-state index contributed by atoms with van der Waals surface area (Å²) in [5, 5.41) is 8.64. The molecule has 0 aromatic carbocycles. The summed E-state index contributed by atoms with van der Waals surface area (Å²) in [5.41, 5.74) is -0.208. The van der Waals surface area contributed by atoms with Crippen LogP contribution in [-0.2, 0) is 6.18 Å². The van der Waals surface area contributed by atoms with Crippen LogP contribution in [0.2, 0.25) is 0 Å². The van der Waals surface area contributed by atoms with Gasteiger partial charge in [-0.3, -0.25) is 9.13 Å². The Labute approximate surface area is 170 Å². The minimum Gasteiger partial charge on any atom is -0.341 e. The third kappa shape index (κ3) is 2.78. The number of halogens is 3. The van der Waals surface area contributed by atoms with Gasteiger partial charge in [0.15, 0.2) is 11.6 Å². The Morgan fingerprint density at radius 3 is 2.60 bits per heavy atom. The molecule has 0 saturated heterocycles. The van der Waals surface area contributed by atoms with Crippen molar-refractivity contribution in [2.75, 3.05) is 4.90 Å². The standard InChI is InChI=1S/C19H21F3N8/c1-3-13-17-27-26-11(2)29(17)14-8-24-18(28-10-23-9-15(28)19(20,21)22)25-16(14)30(13)12-6-4-5-7-12/h8-10,12-13H,3-7H2,1-2H3/t13-/m1/s1. The molecule has 0 bridgehead atoms. The third-order valence-corrected chi connectivity index (χ3v) is 5.96. The lowest BCUT2D eigenvalue weighted by Gasteiger charge is -2.41. The summed E-state index contributed by atoms with van der Waals surface area (Å²) >= 11 is 0. The van der Waals surface area contributed by atoms with Gasteiger partial charge in [-0.1, -0.05) is 19.8 Å². The van der Waals surface area contributed by atoms with Crippen LogP contribution in [0.1, 0.15) is 62.4 Å². The Kier molecular flexibility index (Phi) is 4.30. The summed E-state index contributed by atoms with van der Waals surface area (Å²) in [6, 6.07) is 0.210. The van der Waals surface area contributed by atoms with E-state index in [-0.39, 0.29) is 18.0 Å². The average Bonchev–Trinajstić information content (AvgIpc) is 3.46. The molecule has 1 saturated carbocycles. The largest absolute Gasteiger partial charge is 0.433 e. The number of hydrogen-bond donors (Lipinski definition) is 0. The average molecular weight is 418 g/mol. The van der Waals surface area contributed by atoms with E-state index in [0.717, 1.165) is 55.0 Å². The van der Waals surface area contributed by atoms with E-state index in [2.05, 4.69) is 37.0 Å². The predicted octanol–water partition coefficient (Wildman–Crippen LogP) is 3.78. The first kappa shape index (κ1) is 19.0. The number of fused-ring (bicyclic) bond motifs is 3. The van der Waals surface area contributed by atoms with Crippen LogP contribution in [0.5, 0.6) is 0 Å². The van der Waals surface area contributed by atoms with Crippen molar-refractivity contribution in [3.05, 3.63) is 36.1 Å². The van der Waals surface area contributed by atoms with Crippen LogP contribution < -0.4 is 4.90 Å². The van der Waals surface area contributed by atoms with Gasteiger partial charge in [-0.25, -0.2) is 9.97 Å². The molecule has 1 fully saturated rings. The van der Waals surface area contributed by atoms with Crippen molar-refractivity contribution in [1.82, 2.24) is 34.3 Å². The van der Waals surface area contributed by atoms with Gasteiger partial charge in [-0.2, -0.15) is 18.2 Å². The van der Waals surface area contributed by atoms with E-state index in [1.54, 1.807) is 6.20 Å². The Morgan fingerprint density at radius 1 is 1.13 bits per heavy atom. The van der Waals surface area contributed by atoms with Gasteiger partial charge in [0, 0.05) is 6.04 Å². The van der Waals surface area contributed by atoms with Crippen molar-refractivity contribution in [3.63, 3.8) is 0 Å². The Hall–Kier alpha value is -2.98. The summed E-state index contributed by atoms with van der Waals surface area (Å²) in [5.74, 6) is 2.09.